The van der Waals surface area contributed by atoms with Crippen LogP contribution in [-0.4, -0.2) is 21.4 Å². The van der Waals surface area contributed by atoms with Gasteiger partial charge in [0.1, 0.15) is 0 Å². The van der Waals surface area contributed by atoms with Crippen LogP contribution in [0.4, 0.5) is 5.69 Å². The van der Waals surface area contributed by atoms with Gasteiger partial charge in [-0.2, -0.15) is 5.10 Å². The number of halogens is 2. The monoisotopic (exact) mass is 384 g/mol. The van der Waals surface area contributed by atoms with E-state index >= 15 is 0 Å². The van der Waals surface area contributed by atoms with Crippen LogP contribution in [0.3, 0.4) is 0 Å². The minimum absolute atomic E-state index is 0.529. The van der Waals surface area contributed by atoms with Crippen molar-refractivity contribution in [1.82, 2.24) is 15.1 Å². The summed E-state index contributed by atoms with van der Waals surface area (Å²) in [7, 11) is 0. The molecular weight excluding hydrogens is 363 g/mol. The summed E-state index contributed by atoms with van der Waals surface area (Å²) in [6, 6.07) is 5.50. The van der Waals surface area contributed by atoms with Crippen molar-refractivity contribution in [2.24, 2.45) is 5.92 Å². The predicted molar refractivity (Wildman–Crippen MR) is 106 cm³/mol. The van der Waals surface area contributed by atoms with Gasteiger partial charge >= 0.3 is 0 Å². The highest BCUT2D eigenvalue weighted by molar-refractivity contribution is 7.80. The average Bonchev–Trinajstić information content (AvgIpc) is 2.75. The number of nitrogens with one attached hydrogen (secondary N) is 2. The molecule has 4 nitrogen and oxygen atoms in total. The van der Waals surface area contributed by atoms with Gasteiger partial charge in [-0.25, -0.2) is 0 Å². The summed E-state index contributed by atoms with van der Waals surface area (Å²) < 4.78 is 1.91. The first kappa shape index (κ1) is 19.0. The number of aryl methyl sites for hydroxylation is 1. The van der Waals surface area contributed by atoms with Crippen molar-refractivity contribution in [3.63, 3.8) is 0 Å². The minimum atomic E-state index is 0.529. The van der Waals surface area contributed by atoms with Crippen molar-refractivity contribution in [2.75, 3.05) is 11.9 Å². The maximum atomic E-state index is 6.26. The number of rotatable bonds is 5. The maximum absolute atomic E-state index is 6.26. The van der Waals surface area contributed by atoms with Crippen LogP contribution >= 0.6 is 35.4 Å². The highest BCUT2D eigenvalue weighted by Gasteiger charge is 2.14. The van der Waals surface area contributed by atoms with Crippen molar-refractivity contribution >= 4 is 46.2 Å². The van der Waals surface area contributed by atoms with Gasteiger partial charge in [0, 0.05) is 16.6 Å². The fourth-order valence-corrected chi connectivity index (χ4v) is 2.95. The van der Waals surface area contributed by atoms with Gasteiger partial charge in [0.15, 0.2) is 5.11 Å². The highest BCUT2D eigenvalue weighted by Crippen LogP contribution is 2.24. The number of hydrogen-bond acceptors (Lipinski definition) is 2. The standard InChI is InChI=1S/C17H22Cl2N4S/c1-10(2)8-20-17(24)21-16-11(3)22-23(12(16)4)9-13-5-6-14(18)7-15(13)19/h5-7,10H,8-9H2,1-4H3,(H2,20,21,24). The van der Waals surface area contributed by atoms with E-state index in [4.69, 9.17) is 35.4 Å². The Morgan fingerprint density at radius 1 is 1.29 bits per heavy atom. The molecule has 7 heteroatoms. The van der Waals surface area contributed by atoms with Gasteiger partial charge in [0.2, 0.25) is 0 Å². The normalized spacial score (nSPS) is 11.0. The van der Waals surface area contributed by atoms with Gasteiger partial charge in [-0.05, 0) is 49.7 Å². The number of aromatic nitrogens is 2. The molecule has 2 rings (SSSR count). The molecule has 1 aromatic carbocycles. The number of anilines is 1. The van der Waals surface area contributed by atoms with E-state index in [-0.39, 0.29) is 0 Å². The molecular formula is C17H22Cl2N4S. The second-order valence-electron chi connectivity index (χ2n) is 6.17. The lowest BCUT2D eigenvalue weighted by Gasteiger charge is -2.13. The zero-order valence-corrected chi connectivity index (χ0v) is 16.6. The van der Waals surface area contributed by atoms with Gasteiger partial charge < -0.3 is 10.6 Å². The molecule has 1 heterocycles. The Hall–Kier alpha value is -1.30. The Bertz CT molecular complexity index is 740. The third-order valence-electron chi connectivity index (χ3n) is 3.63. The molecule has 0 radical (unpaired) electrons. The van der Waals surface area contributed by atoms with Crippen LogP contribution in [0.25, 0.3) is 0 Å². The second kappa shape index (κ2) is 8.19. The molecule has 2 aromatic rings. The maximum Gasteiger partial charge on any atom is 0.170 e. The molecule has 0 aliphatic heterocycles. The molecule has 24 heavy (non-hydrogen) atoms. The number of thiocarbonyl (C=S) groups is 1. The van der Waals surface area contributed by atoms with Crippen molar-refractivity contribution in [1.29, 1.82) is 0 Å². The van der Waals surface area contributed by atoms with Gasteiger partial charge in [-0.1, -0.05) is 43.1 Å². The van der Waals surface area contributed by atoms with Crippen molar-refractivity contribution in [2.45, 2.75) is 34.2 Å². The summed E-state index contributed by atoms with van der Waals surface area (Å²) in [5.41, 5.74) is 3.80. The lowest BCUT2D eigenvalue weighted by molar-refractivity contribution is 0.627. The van der Waals surface area contributed by atoms with Crippen LogP contribution in [-0.2, 0) is 6.54 Å². The first-order chi connectivity index (χ1) is 11.3. The molecule has 2 N–H and O–H groups in total. The largest absolute Gasteiger partial charge is 0.362 e. The van der Waals surface area contributed by atoms with Gasteiger partial charge in [0.05, 0.1) is 23.6 Å². The first-order valence-corrected chi connectivity index (χ1v) is 8.97. The molecule has 0 aliphatic carbocycles. The molecule has 0 bridgehead atoms. The van der Waals surface area contributed by atoms with E-state index in [1.807, 2.05) is 30.7 Å². The summed E-state index contributed by atoms with van der Waals surface area (Å²) >= 11 is 17.6. The Morgan fingerprint density at radius 3 is 2.62 bits per heavy atom. The summed E-state index contributed by atoms with van der Waals surface area (Å²) in [5.74, 6) is 0.529. The smallest absolute Gasteiger partial charge is 0.170 e. The summed E-state index contributed by atoms with van der Waals surface area (Å²) in [4.78, 5) is 0. The molecule has 0 unspecified atom stereocenters. The van der Waals surface area contributed by atoms with Crippen molar-refractivity contribution in [3.05, 3.63) is 45.2 Å². The molecule has 0 amide bonds. The number of nitrogens with zero attached hydrogens (tertiary/aromatic N) is 2. The van der Waals surface area contributed by atoms with Crippen molar-refractivity contribution in [3.8, 4) is 0 Å². The zero-order valence-electron chi connectivity index (χ0n) is 14.3. The molecule has 0 saturated heterocycles. The average molecular weight is 385 g/mol. The second-order valence-corrected chi connectivity index (χ2v) is 7.42. The number of hydrogen-bond donors (Lipinski definition) is 2. The molecule has 1 aromatic heterocycles. The lowest BCUT2D eigenvalue weighted by atomic mass is 10.2. The molecule has 130 valence electrons. The SMILES string of the molecule is Cc1nn(Cc2ccc(Cl)cc2Cl)c(C)c1NC(=S)NCC(C)C. The Morgan fingerprint density at radius 2 is 2.00 bits per heavy atom. The predicted octanol–water partition coefficient (Wildman–Crippen LogP) is 4.80. The quantitative estimate of drug-likeness (QED) is 0.726. The Balaban J connectivity index is 2.15. The van der Waals surface area contributed by atoms with Crippen LogP contribution in [0, 0.1) is 19.8 Å². The molecule has 0 aliphatic rings. The van der Waals surface area contributed by atoms with E-state index in [2.05, 4.69) is 29.6 Å². The van der Waals surface area contributed by atoms with Gasteiger partial charge in [0.25, 0.3) is 0 Å². The van der Waals surface area contributed by atoms with E-state index < -0.39 is 0 Å². The number of benzene rings is 1. The Labute approximate surface area is 158 Å². The molecule has 0 fully saturated rings. The minimum Gasteiger partial charge on any atom is -0.362 e. The van der Waals surface area contributed by atoms with Crippen molar-refractivity contribution < 1.29 is 0 Å². The lowest BCUT2D eigenvalue weighted by Crippen LogP contribution is -2.31. The topological polar surface area (TPSA) is 41.9 Å². The third kappa shape index (κ3) is 4.85. The summed E-state index contributed by atoms with van der Waals surface area (Å²) in [6.45, 7) is 9.66. The van der Waals surface area contributed by atoms with Gasteiger partial charge in [-0.15, -0.1) is 0 Å². The fraction of sp³-hybridized carbons (Fsp3) is 0.412. The Kier molecular flexibility index (Phi) is 6.49. The van der Waals surface area contributed by atoms with E-state index in [9.17, 15) is 0 Å². The first-order valence-electron chi connectivity index (χ1n) is 7.80. The fourth-order valence-electron chi connectivity index (χ4n) is 2.30. The van der Waals surface area contributed by atoms with Crippen LogP contribution < -0.4 is 10.6 Å². The highest BCUT2D eigenvalue weighted by atomic mass is 35.5. The van der Waals surface area contributed by atoms with E-state index in [1.54, 1.807) is 6.07 Å². The summed E-state index contributed by atoms with van der Waals surface area (Å²) in [5, 5.41) is 12.9. The van der Waals surface area contributed by atoms with Crippen LogP contribution in [0.1, 0.15) is 30.8 Å². The zero-order chi connectivity index (χ0) is 17.9. The van der Waals surface area contributed by atoms with Crippen LogP contribution in [0.15, 0.2) is 18.2 Å². The third-order valence-corrected chi connectivity index (χ3v) is 4.46. The van der Waals surface area contributed by atoms with Gasteiger partial charge in [-0.3, -0.25) is 4.68 Å². The van der Waals surface area contributed by atoms with Crippen LogP contribution in [0.2, 0.25) is 10.0 Å². The van der Waals surface area contributed by atoms with E-state index in [1.165, 1.54) is 0 Å². The van der Waals surface area contributed by atoms with E-state index in [0.717, 1.165) is 29.2 Å². The van der Waals surface area contributed by atoms with Crippen LogP contribution in [0.5, 0.6) is 0 Å². The van der Waals surface area contributed by atoms with E-state index in [0.29, 0.717) is 27.6 Å². The molecule has 0 atom stereocenters. The summed E-state index contributed by atoms with van der Waals surface area (Å²) in [6.07, 6.45) is 0. The molecule has 0 saturated carbocycles. The molecule has 0 spiro atoms.